The van der Waals surface area contributed by atoms with E-state index in [-0.39, 0.29) is 26.4 Å². The monoisotopic (exact) mass is 665 g/mol. The van der Waals surface area contributed by atoms with Gasteiger partial charge in [0, 0.05) is 18.9 Å². The molecule has 0 unspecified atom stereocenters. The van der Waals surface area contributed by atoms with Gasteiger partial charge in [0.2, 0.25) is 13.6 Å². The molecule has 0 radical (unpaired) electrons. The number of esters is 2. The van der Waals surface area contributed by atoms with Crippen molar-refractivity contribution in [2.75, 3.05) is 32.6 Å². The van der Waals surface area contributed by atoms with Gasteiger partial charge in [-0.2, -0.15) is 0 Å². The molecule has 3 aliphatic rings. The fourth-order valence-electron chi connectivity index (χ4n) is 5.59. The van der Waals surface area contributed by atoms with Crippen LogP contribution in [0.4, 0.5) is 10.5 Å². The summed E-state index contributed by atoms with van der Waals surface area (Å²) in [4.78, 5) is 39.9. The van der Waals surface area contributed by atoms with Crippen LogP contribution in [0.3, 0.4) is 0 Å². The molecule has 48 heavy (non-hydrogen) atoms. The molecule has 1 fully saturated rings. The molecule has 3 aliphatic heterocycles. The van der Waals surface area contributed by atoms with E-state index >= 15 is 0 Å². The number of carbonyl (C=O) groups is 3. The fourth-order valence-corrected chi connectivity index (χ4v) is 5.59. The molecule has 3 heterocycles. The first-order valence-electron chi connectivity index (χ1n) is 15.3. The number of aliphatic hydroxyl groups is 1. The third-order valence-corrected chi connectivity index (χ3v) is 7.93. The van der Waals surface area contributed by atoms with Crippen molar-refractivity contribution in [1.29, 1.82) is 0 Å². The number of nitrogens with one attached hydrogen (secondary N) is 1. The van der Waals surface area contributed by atoms with Crippen LogP contribution in [0, 0.1) is 0 Å². The molecule has 0 aliphatic carbocycles. The predicted molar refractivity (Wildman–Crippen MR) is 165 cm³/mol. The van der Waals surface area contributed by atoms with Gasteiger partial charge in [-0.25, -0.2) is 4.79 Å². The quantitative estimate of drug-likeness (QED) is 0.227. The van der Waals surface area contributed by atoms with E-state index < -0.39 is 55.3 Å². The SMILES string of the molecule is CCc1cccc(CC(=O)O[C@@H]2[C@H](OC(=O)Nc3ccc4c(c3)OCO4)[C@H](OC(=O)Cc3ccc4c(c3)OCO4)[C@@H](OC)O[C@@H]2CO)c1. The van der Waals surface area contributed by atoms with E-state index in [2.05, 4.69) is 5.32 Å². The van der Waals surface area contributed by atoms with Gasteiger partial charge >= 0.3 is 18.0 Å². The Morgan fingerprint density at radius 2 is 1.38 bits per heavy atom. The van der Waals surface area contributed by atoms with Crippen LogP contribution in [0.1, 0.15) is 23.6 Å². The van der Waals surface area contributed by atoms with Crippen molar-refractivity contribution in [3.05, 3.63) is 77.4 Å². The van der Waals surface area contributed by atoms with Crippen LogP contribution >= 0.6 is 0 Å². The zero-order valence-corrected chi connectivity index (χ0v) is 26.2. The Hall–Kier alpha value is -5.05. The summed E-state index contributed by atoms with van der Waals surface area (Å²) in [6.45, 7) is 1.48. The maximum atomic E-state index is 13.3. The number of aryl methyl sites for hydroxylation is 1. The smallest absolute Gasteiger partial charge is 0.412 e. The molecular formula is C34H35NO13. The average molecular weight is 666 g/mol. The number of amides is 1. The molecule has 3 aromatic carbocycles. The van der Waals surface area contributed by atoms with Crippen molar-refractivity contribution in [3.63, 3.8) is 0 Å². The maximum absolute atomic E-state index is 13.3. The van der Waals surface area contributed by atoms with E-state index in [9.17, 15) is 19.5 Å². The lowest BCUT2D eigenvalue weighted by molar-refractivity contribution is -0.299. The number of aliphatic hydroxyl groups excluding tert-OH is 1. The molecule has 3 aromatic rings. The summed E-state index contributed by atoms with van der Waals surface area (Å²) >= 11 is 0. The number of ether oxygens (including phenoxy) is 9. The first kappa shape index (κ1) is 32.9. The van der Waals surface area contributed by atoms with Crippen molar-refractivity contribution < 1.29 is 62.1 Å². The van der Waals surface area contributed by atoms with Crippen molar-refractivity contribution in [3.8, 4) is 23.0 Å². The normalized spacial score (nSPS) is 22.1. The standard InChI is InChI=1S/C34H35NO13/c1-3-19-5-4-6-20(11-19)13-28(37)46-30-27(16-36)45-33(40-2)32(47-29(38)14-21-7-9-23-25(12-21)43-17-41-23)31(30)48-34(39)35-22-8-10-24-26(15-22)44-18-42-24/h4-12,15,27,30-33,36H,3,13-14,16-18H2,1-2H3,(H,35,39)/t27-,30+,31+,32+,33+/m1/s1. The molecule has 0 bridgehead atoms. The van der Waals surface area contributed by atoms with Gasteiger partial charge in [-0.3, -0.25) is 14.9 Å². The third-order valence-electron chi connectivity index (χ3n) is 7.93. The number of anilines is 1. The summed E-state index contributed by atoms with van der Waals surface area (Å²) in [6, 6.07) is 17.2. The molecule has 0 aromatic heterocycles. The minimum absolute atomic E-state index is 0.0430. The Balaban J connectivity index is 1.24. The summed E-state index contributed by atoms with van der Waals surface area (Å²) in [5.41, 5.74) is 2.63. The molecule has 1 amide bonds. The molecule has 0 spiro atoms. The molecular weight excluding hydrogens is 630 g/mol. The van der Waals surface area contributed by atoms with Crippen LogP contribution in [0.5, 0.6) is 23.0 Å². The van der Waals surface area contributed by atoms with E-state index in [1.54, 1.807) is 42.5 Å². The van der Waals surface area contributed by atoms with Gasteiger partial charge in [0.1, 0.15) is 6.10 Å². The second-order valence-electron chi connectivity index (χ2n) is 11.1. The highest BCUT2D eigenvalue weighted by atomic mass is 16.7. The number of carbonyl (C=O) groups excluding carboxylic acids is 3. The number of benzene rings is 3. The Morgan fingerprint density at radius 1 is 0.750 bits per heavy atom. The molecule has 14 heteroatoms. The third kappa shape index (κ3) is 7.56. The first-order chi connectivity index (χ1) is 23.3. The van der Waals surface area contributed by atoms with Gasteiger partial charge in [0.05, 0.1) is 19.4 Å². The van der Waals surface area contributed by atoms with Crippen LogP contribution in [-0.2, 0) is 52.5 Å². The predicted octanol–water partition coefficient (Wildman–Crippen LogP) is 3.30. The first-order valence-corrected chi connectivity index (χ1v) is 15.3. The van der Waals surface area contributed by atoms with Crippen LogP contribution < -0.4 is 24.3 Å². The van der Waals surface area contributed by atoms with Crippen molar-refractivity contribution in [2.45, 2.75) is 56.9 Å². The van der Waals surface area contributed by atoms with Gasteiger partial charge in [0.15, 0.2) is 47.6 Å². The second kappa shape index (κ2) is 14.8. The Kier molecular flexibility index (Phi) is 10.1. The van der Waals surface area contributed by atoms with Gasteiger partial charge in [-0.05, 0) is 47.4 Å². The lowest BCUT2D eigenvalue weighted by atomic mass is 9.98. The zero-order chi connectivity index (χ0) is 33.6. The number of hydrogen-bond donors (Lipinski definition) is 2. The molecule has 1 saturated heterocycles. The lowest BCUT2D eigenvalue weighted by Crippen LogP contribution is -2.63. The summed E-state index contributed by atoms with van der Waals surface area (Å²) in [5.74, 6) is 0.570. The lowest BCUT2D eigenvalue weighted by Gasteiger charge is -2.43. The van der Waals surface area contributed by atoms with E-state index in [1.807, 2.05) is 25.1 Å². The molecule has 254 valence electrons. The highest BCUT2D eigenvalue weighted by molar-refractivity contribution is 5.85. The molecule has 6 rings (SSSR count). The summed E-state index contributed by atoms with van der Waals surface area (Å²) < 4.78 is 50.3. The molecule has 0 saturated carbocycles. The van der Waals surface area contributed by atoms with Crippen LogP contribution in [0.2, 0.25) is 0 Å². The second-order valence-corrected chi connectivity index (χ2v) is 11.1. The van der Waals surface area contributed by atoms with E-state index in [0.29, 0.717) is 39.8 Å². The van der Waals surface area contributed by atoms with Gasteiger partial charge in [0.25, 0.3) is 0 Å². The highest BCUT2D eigenvalue weighted by Gasteiger charge is 2.52. The van der Waals surface area contributed by atoms with Crippen LogP contribution in [0.15, 0.2) is 60.7 Å². The average Bonchev–Trinajstić information content (AvgIpc) is 3.75. The Morgan fingerprint density at radius 3 is 2.06 bits per heavy atom. The molecule has 5 atom stereocenters. The van der Waals surface area contributed by atoms with E-state index in [0.717, 1.165) is 12.0 Å². The van der Waals surface area contributed by atoms with Crippen LogP contribution in [0.25, 0.3) is 0 Å². The minimum Gasteiger partial charge on any atom is -0.455 e. The van der Waals surface area contributed by atoms with E-state index in [4.69, 9.17) is 42.6 Å². The summed E-state index contributed by atoms with van der Waals surface area (Å²) in [5, 5.41) is 12.9. The van der Waals surface area contributed by atoms with E-state index in [1.165, 1.54) is 7.11 Å². The topological polar surface area (TPSA) is 167 Å². The number of methoxy groups -OCH3 is 1. The Labute approximate surface area is 275 Å². The highest BCUT2D eigenvalue weighted by Crippen LogP contribution is 2.35. The number of hydrogen-bond acceptors (Lipinski definition) is 13. The largest absolute Gasteiger partial charge is 0.455 e. The number of rotatable bonds is 11. The number of fused-ring (bicyclic) bond motifs is 2. The van der Waals surface area contributed by atoms with Crippen molar-refractivity contribution in [1.82, 2.24) is 0 Å². The van der Waals surface area contributed by atoms with Crippen molar-refractivity contribution in [2.24, 2.45) is 0 Å². The maximum Gasteiger partial charge on any atom is 0.412 e. The molecule has 14 nitrogen and oxygen atoms in total. The summed E-state index contributed by atoms with van der Waals surface area (Å²) in [7, 11) is 1.30. The molecule has 2 N–H and O–H groups in total. The minimum atomic E-state index is -1.47. The van der Waals surface area contributed by atoms with Gasteiger partial charge < -0.3 is 47.7 Å². The van der Waals surface area contributed by atoms with Crippen LogP contribution in [-0.4, -0.2) is 81.1 Å². The van der Waals surface area contributed by atoms with Gasteiger partial charge in [-0.1, -0.05) is 37.3 Å². The Bertz CT molecular complexity index is 1640. The zero-order valence-electron chi connectivity index (χ0n) is 26.2. The van der Waals surface area contributed by atoms with Crippen molar-refractivity contribution >= 4 is 23.7 Å². The van der Waals surface area contributed by atoms with Gasteiger partial charge in [-0.15, -0.1) is 0 Å². The fraction of sp³-hybridized carbons (Fsp3) is 0.382. The summed E-state index contributed by atoms with van der Waals surface area (Å²) in [6.07, 6.45) is -7.28.